The maximum absolute atomic E-state index is 13.3. The van der Waals surface area contributed by atoms with Gasteiger partial charge in [-0.05, 0) is 106 Å². The maximum Gasteiger partial charge on any atom is 0.472 e. The molecule has 0 radical (unpaired) electrons. The maximum atomic E-state index is 13.3. The summed E-state index contributed by atoms with van der Waals surface area (Å²) >= 11 is 0. The van der Waals surface area contributed by atoms with Crippen LogP contribution in [0.1, 0.15) is 174 Å². The molecule has 1 unspecified atom stereocenters. The molecular weight excluding hydrogens is 1080 g/mol. The van der Waals surface area contributed by atoms with Gasteiger partial charge in [-0.2, -0.15) is 0 Å². The van der Waals surface area contributed by atoms with Crippen LogP contribution in [0.2, 0.25) is 0 Å². The molecule has 0 bridgehead atoms. The number of hydrogen-bond acceptors (Lipinski definition) is 17. The normalized spacial score (nSPS) is 21.7. The van der Waals surface area contributed by atoms with E-state index in [0.29, 0.717) is 76.4 Å². The van der Waals surface area contributed by atoms with Gasteiger partial charge in [0, 0.05) is 81.0 Å². The van der Waals surface area contributed by atoms with Gasteiger partial charge in [-0.1, -0.05) is 91.1 Å². The Hall–Kier alpha value is -0.940. The third-order valence-corrected chi connectivity index (χ3v) is 18.7. The average molecular weight is 1190 g/mol. The molecule has 0 spiro atoms. The zero-order valence-corrected chi connectivity index (χ0v) is 53.7. The van der Waals surface area contributed by atoms with Gasteiger partial charge in [0.15, 0.2) is 0 Å². The predicted molar refractivity (Wildman–Crippen MR) is 317 cm³/mol. The molecule has 2 N–H and O–H groups in total. The zero-order valence-electron chi connectivity index (χ0n) is 49.5. The lowest BCUT2D eigenvalue weighted by atomic mass is 10.1. The van der Waals surface area contributed by atoms with E-state index in [1.54, 1.807) is 42.2 Å². The summed E-state index contributed by atoms with van der Waals surface area (Å²) in [5.41, 5.74) is 0. The first kappa shape index (κ1) is 72.2. The first-order valence-electron chi connectivity index (χ1n) is 28.6. The lowest BCUT2D eigenvalue weighted by Crippen LogP contribution is -2.40. The standard InChI is InChI=1S/C36H66N3O10PS2.C19H37NO3S2/c1-25(2)34(41)15-18-52-51-17-10-12-35(42)39-22-33(20-29(39)23-46-27(5)6)49-50(44,45)47-24-30-19-32(48-28(7)8)21-38(30)36(43)14-13-31(40)11-9-16-37-26(3)4;1-14(2)8-7-9-24-25-13-19(21)20-11-18(23-16(5)6)10-17(20)12-22-15(3)4/h25-30,32-33,37H,9-24H2,1-8H3,(H,44,45);14-18H,7-13H2,1-6H3/t29-,30-,32+,33+;17-,18+/m00/s1. The number of likely N-dealkylation sites (tertiary alicyclic amines) is 3. The Morgan fingerprint density at radius 2 is 1.05 bits per heavy atom. The molecule has 0 aliphatic carbocycles. The number of phosphoric ester groups is 1. The number of carbonyl (C=O) groups excluding carboxylic acids is 5. The molecule has 3 rings (SSSR count). The second-order valence-corrected chi connectivity index (χ2v) is 29.4. The summed E-state index contributed by atoms with van der Waals surface area (Å²) in [6.07, 6.45) is 6.33. The molecule has 3 heterocycles. The van der Waals surface area contributed by atoms with E-state index in [2.05, 4.69) is 19.2 Å². The van der Waals surface area contributed by atoms with E-state index in [-0.39, 0.29) is 117 Å². The van der Waals surface area contributed by atoms with Crippen molar-refractivity contribution in [3.63, 3.8) is 0 Å². The van der Waals surface area contributed by atoms with Crippen molar-refractivity contribution in [1.29, 1.82) is 0 Å². The van der Waals surface area contributed by atoms with Crippen LogP contribution in [0.3, 0.4) is 0 Å². The van der Waals surface area contributed by atoms with Crippen molar-refractivity contribution in [3.05, 3.63) is 0 Å². The van der Waals surface area contributed by atoms with Gasteiger partial charge in [-0.15, -0.1) is 0 Å². The van der Waals surface area contributed by atoms with Crippen LogP contribution in [0.25, 0.3) is 0 Å². The van der Waals surface area contributed by atoms with E-state index in [1.165, 1.54) is 12.8 Å². The molecule has 77 heavy (non-hydrogen) atoms. The largest absolute Gasteiger partial charge is 0.472 e. The molecule has 17 nitrogen and oxygen atoms in total. The van der Waals surface area contributed by atoms with Gasteiger partial charge in [0.05, 0.1) is 86.4 Å². The van der Waals surface area contributed by atoms with Crippen LogP contribution in [-0.4, -0.2) is 185 Å². The molecule has 7 atom stereocenters. The van der Waals surface area contributed by atoms with Gasteiger partial charge < -0.3 is 43.9 Å². The number of hydrogen-bond donors (Lipinski definition) is 2. The van der Waals surface area contributed by atoms with Crippen LogP contribution in [0, 0.1) is 11.8 Å². The summed E-state index contributed by atoms with van der Waals surface area (Å²) in [5, 5.41) is 3.28. The summed E-state index contributed by atoms with van der Waals surface area (Å²) < 4.78 is 47.9. The summed E-state index contributed by atoms with van der Waals surface area (Å²) in [5.74, 6) is 4.19. The Bertz CT molecular complexity index is 1750. The number of amides is 3. The van der Waals surface area contributed by atoms with Gasteiger partial charge in [0.25, 0.3) is 0 Å². The van der Waals surface area contributed by atoms with E-state index in [0.717, 1.165) is 36.1 Å². The highest BCUT2D eigenvalue weighted by Gasteiger charge is 2.42. The molecule has 450 valence electrons. The number of carbonyl (C=O) groups is 5. The van der Waals surface area contributed by atoms with Crippen molar-refractivity contribution in [3.8, 4) is 0 Å². The van der Waals surface area contributed by atoms with Crippen LogP contribution in [0.5, 0.6) is 0 Å². The van der Waals surface area contributed by atoms with Crippen LogP contribution in [-0.2, 0) is 56.5 Å². The summed E-state index contributed by atoms with van der Waals surface area (Å²) in [4.78, 5) is 79.5. The lowest BCUT2D eigenvalue weighted by molar-refractivity contribution is -0.135. The van der Waals surface area contributed by atoms with Crippen molar-refractivity contribution in [2.45, 2.75) is 241 Å². The van der Waals surface area contributed by atoms with Gasteiger partial charge in [0.2, 0.25) is 17.7 Å². The van der Waals surface area contributed by atoms with Gasteiger partial charge in [0.1, 0.15) is 11.6 Å². The molecule has 0 aromatic heterocycles. The molecule has 3 aliphatic heterocycles. The number of Topliss-reactive ketones (excluding diaryl/α,β-unsaturated/α-hetero) is 2. The van der Waals surface area contributed by atoms with Crippen LogP contribution in [0.15, 0.2) is 0 Å². The summed E-state index contributed by atoms with van der Waals surface area (Å²) in [6, 6.07) is -0.342. The second-order valence-electron chi connectivity index (χ2n) is 22.7. The number of phosphoric acid groups is 1. The first-order chi connectivity index (χ1) is 36.3. The number of ether oxygens (including phenoxy) is 4. The van der Waals surface area contributed by atoms with E-state index >= 15 is 0 Å². The quantitative estimate of drug-likeness (QED) is 0.0334. The lowest BCUT2D eigenvalue weighted by Gasteiger charge is -2.26. The molecular formula is C55H103N4O13PS4. The van der Waals surface area contributed by atoms with Gasteiger partial charge >= 0.3 is 7.82 Å². The first-order valence-corrected chi connectivity index (χ1v) is 35.1. The van der Waals surface area contributed by atoms with Crippen molar-refractivity contribution < 1.29 is 61.4 Å². The minimum atomic E-state index is -4.57. The Morgan fingerprint density at radius 3 is 1.58 bits per heavy atom. The molecule has 3 aliphatic rings. The second kappa shape index (κ2) is 39.5. The van der Waals surface area contributed by atoms with Crippen molar-refractivity contribution >= 4 is 80.3 Å². The predicted octanol–water partition coefficient (Wildman–Crippen LogP) is 10.4. The van der Waals surface area contributed by atoms with Crippen LogP contribution in [0.4, 0.5) is 0 Å². The highest BCUT2D eigenvalue weighted by atomic mass is 33.1. The smallest absolute Gasteiger partial charge is 0.377 e. The highest BCUT2D eigenvalue weighted by Crippen LogP contribution is 2.47. The molecule has 3 amide bonds. The number of ketones is 2. The minimum Gasteiger partial charge on any atom is -0.377 e. The SMILES string of the molecule is CC(C)CCCSSCC(=O)N1C[C@H](OC(C)C)C[C@H]1COC(C)C.CC(C)NCCCC(=O)CCC(=O)N1C[C@H](OC(C)C)C[C@H]1COP(=O)(O)O[C@@H]1C[C@@H](COC(C)C)N(C(=O)CCCSSCCC(=O)C(C)C)C1. The van der Waals surface area contributed by atoms with E-state index in [4.69, 9.17) is 28.0 Å². The van der Waals surface area contributed by atoms with Crippen molar-refractivity contribution in [2.75, 3.05) is 69.0 Å². The van der Waals surface area contributed by atoms with E-state index < -0.39 is 20.0 Å². The average Bonchev–Trinajstić information content (AvgIpc) is 4.06. The topological polar surface area (TPSA) is 200 Å². The molecule has 0 saturated carbocycles. The summed E-state index contributed by atoms with van der Waals surface area (Å²) in [7, 11) is 2.23. The van der Waals surface area contributed by atoms with Crippen LogP contribution < -0.4 is 5.32 Å². The third kappa shape index (κ3) is 32.5. The zero-order chi connectivity index (χ0) is 57.7. The molecule has 0 aromatic carbocycles. The molecule has 3 fully saturated rings. The van der Waals surface area contributed by atoms with E-state index in [9.17, 15) is 33.4 Å². The Balaban J connectivity index is 0.000000676. The Morgan fingerprint density at radius 1 is 0.558 bits per heavy atom. The van der Waals surface area contributed by atoms with Crippen molar-refractivity contribution in [2.24, 2.45) is 11.8 Å². The van der Waals surface area contributed by atoms with Crippen molar-refractivity contribution in [1.82, 2.24) is 20.0 Å². The Labute approximate surface area is 480 Å². The van der Waals surface area contributed by atoms with Gasteiger partial charge in [-0.25, -0.2) is 4.57 Å². The fourth-order valence-electron chi connectivity index (χ4n) is 9.01. The molecule has 3 saturated heterocycles. The monoisotopic (exact) mass is 1190 g/mol. The Kier molecular flexibility index (Phi) is 37.0. The molecule has 0 aromatic rings. The fraction of sp³-hybridized carbons (Fsp3) is 0.909. The van der Waals surface area contributed by atoms with E-state index in [1.807, 2.05) is 98.8 Å². The molecule has 22 heteroatoms. The third-order valence-electron chi connectivity index (χ3n) is 12.8. The highest BCUT2D eigenvalue weighted by molar-refractivity contribution is 8.77. The number of nitrogens with zero attached hydrogens (tertiary/aromatic N) is 3. The number of rotatable bonds is 39. The summed E-state index contributed by atoms with van der Waals surface area (Å²) in [6.45, 7) is 30.7. The van der Waals surface area contributed by atoms with Gasteiger partial charge in [-0.3, -0.25) is 33.0 Å². The fourth-order valence-corrected chi connectivity index (χ4v) is 14.1. The minimum absolute atomic E-state index is 0.0273. The number of nitrogens with one attached hydrogen (secondary N) is 1. The van der Waals surface area contributed by atoms with Crippen LogP contribution >= 0.6 is 51.0 Å².